The largest absolute Gasteiger partial charge is 0.301 e. The first-order valence-electron chi connectivity index (χ1n) is 2.39. The van der Waals surface area contributed by atoms with Crippen LogP contribution >= 0.6 is 11.8 Å². The topological polar surface area (TPSA) is 40.0 Å². The Bertz CT molecular complexity index is 89.7. The summed E-state index contributed by atoms with van der Waals surface area (Å²) in [4.78, 5) is 3.04. The van der Waals surface area contributed by atoms with E-state index in [1.807, 2.05) is 0 Å². The third kappa shape index (κ3) is 1.39. The third-order valence-electron chi connectivity index (χ3n) is 0.878. The fourth-order valence-electron chi connectivity index (χ4n) is 0.517. The van der Waals surface area contributed by atoms with Crippen LogP contribution in [0.2, 0.25) is 0 Å². The van der Waals surface area contributed by atoms with Gasteiger partial charge in [0.1, 0.15) is 0 Å². The minimum absolute atomic E-state index is 0.881. The van der Waals surface area contributed by atoms with E-state index in [0.717, 1.165) is 11.7 Å². The van der Waals surface area contributed by atoms with E-state index in [2.05, 4.69) is 4.99 Å². The highest BCUT2D eigenvalue weighted by Gasteiger charge is 2.03. The zero-order valence-corrected chi connectivity index (χ0v) is 4.92. The molecule has 1 aliphatic heterocycles. The van der Waals surface area contributed by atoms with Crippen LogP contribution in [0.5, 0.6) is 0 Å². The Morgan fingerprint density at radius 2 is 2.57 bits per heavy atom. The van der Waals surface area contributed by atoms with Gasteiger partial charge in [-0.1, -0.05) is 0 Å². The van der Waals surface area contributed by atoms with E-state index >= 15 is 0 Å². The van der Waals surface area contributed by atoms with E-state index in [-0.39, 0.29) is 0 Å². The lowest BCUT2D eigenvalue weighted by Crippen LogP contribution is -2.76. The molecule has 3 heteroatoms. The average Bonchev–Trinajstić information content (AvgIpc) is 1.69. The van der Waals surface area contributed by atoms with Crippen LogP contribution in [-0.4, -0.2) is 17.5 Å². The zero-order chi connectivity index (χ0) is 5.11. The Morgan fingerprint density at radius 3 is 2.86 bits per heavy atom. The molecule has 2 nitrogen and oxygen atoms in total. The highest BCUT2D eigenvalue weighted by Crippen LogP contribution is 1.98. The molecule has 40 valence electrons. The summed E-state index contributed by atoms with van der Waals surface area (Å²) in [5.41, 5.74) is 5.40. The van der Waals surface area contributed by atoms with Gasteiger partial charge >= 0.3 is 5.17 Å². The van der Waals surface area contributed by atoms with E-state index in [4.69, 9.17) is 5.73 Å². The number of nitrogens with one attached hydrogen (secondary N) is 1. The van der Waals surface area contributed by atoms with Crippen molar-refractivity contribution in [1.82, 2.24) is 0 Å². The third-order valence-corrected chi connectivity index (χ3v) is 1.83. The van der Waals surface area contributed by atoms with Crippen molar-refractivity contribution in [3.05, 3.63) is 0 Å². The van der Waals surface area contributed by atoms with E-state index in [1.54, 1.807) is 11.8 Å². The monoisotopic (exact) mass is 117 g/mol. The van der Waals surface area contributed by atoms with Gasteiger partial charge in [0, 0.05) is 5.75 Å². The minimum atomic E-state index is 0.881. The number of hydrogen-bond acceptors (Lipinski definition) is 2. The molecule has 0 aromatic heterocycles. The standard InChI is InChI=1S/C4H8N2S/c5-4-6-2-1-3-7-4/h1-3H2,(H2,5,6)/p+1. The van der Waals surface area contributed by atoms with Crippen molar-refractivity contribution < 1.29 is 4.99 Å². The number of rotatable bonds is 0. The van der Waals surface area contributed by atoms with Gasteiger partial charge in [0.05, 0.1) is 6.54 Å². The van der Waals surface area contributed by atoms with Gasteiger partial charge in [0.25, 0.3) is 0 Å². The fourth-order valence-corrected chi connectivity index (χ4v) is 1.23. The Hall–Kier alpha value is -0.180. The molecule has 1 aliphatic rings. The van der Waals surface area contributed by atoms with Crippen molar-refractivity contribution in [3.8, 4) is 0 Å². The minimum Gasteiger partial charge on any atom is -0.282 e. The van der Waals surface area contributed by atoms with Gasteiger partial charge in [-0.15, -0.1) is 0 Å². The summed E-state index contributed by atoms with van der Waals surface area (Å²) >= 11 is 1.70. The van der Waals surface area contributed by atoms with Crippen LogP contribution in [0.3, 0.4) is 0 Å². The lowest BCUT2D eigenvalue weighted by Gasteiger charge is -1.99. The molecule has 0 fully saturated rings. The molecule has 0 amide bonds. The average molecular weight is 117 g/mol. The molecule has 0 aromatic rings. The number of thioether (sulfide) groups is 1. The maximum Gasteiger partial charge on any atom is 0.301 e. The van der Waals surface area contributed by atoms with E-state index in [1.165, 1.54) is 12.2 Å². The van der Waals surface area contributed by atoms with Gasteiger partial charge in [0.2, 0.25) is 0 Å². The highest BCUT2D eigenvalue weighted by molar-refractivity contribution is 8.13. The smallest absolute Gasteiger partial charge is 0.282 e. The van der Waals surface area contributed by atoms with Crippen LogP contribution in [-0.2, 0) is 0 Å². The molecule has 3 N–H and O–H groups in total. The summed E-state index contributed by atoms with van der Waals surface area (Å²) in [5, 5.41) is 0.881. The fraction of sp³-hybridized carbons (Fsp3) is 0.750. The second-order valence-corrected chi connectivity index (χ2v) is 2.63. The number of amidine groups is 1. The summed E-state index contributed by atoms with van der Waals surface area (Å²) in [7, 11) is 0. The summed E-state index contributed by atoms with van der Waals surface area (Å²) in [6.07, 6.45) is 1.24. The molecule has 0 aliphatic carbocycles. The predicted molar refractivity (Wildman–Crippen MR) is 32.1 cm³/mol. The lowest BCUT2D eigenvalue weighted by atomic mass is 10.5. The van der Waals surface area contributed by atoms with Gasteiger partial charge < -0.3 is 0 Å². The van der Waals surface area contributed by atoms with E-state index in [0.29, 0.717) is 0 Å². The van der Waals surface area contributed by atoms with Crippen molar-refractivity contribution in [2.75, 3.05) is 12.3 Å². The quantitative estimate of drug-likeness (QED) is 0.406. The normalized spacial score (nSPS) is 21.4. The van der Waals surface area contributed by atoms with Crippen LogP contribution in [0.15, 0.2) is 0 Å². The van der Waals surface area contributed by atoms with Gasteiger partial charge in [-0.3, -0.25) is 10.7 Å². The first-order chi connectivity index (χ1) is 3.39. The van der Waals surface area contributed by atoms with Crippen LogP contribution in [0.1, 0.15) is 6.42 Å². The molecule has 0 aromatic carbocycles. The Labute approximate surface area is 47.2 Å². The summed E-state index contributed by atoms with van der Waals surface area (Å²) in [6.45, 7) is 1.05. The highest BCUT2D eigenvalue weighted by atomic mass is 32.2. The second-order valence-electron chi connectivity index (χ2n) is 1.49. The summed E-state index contributed by atoms with van der Waals surface area (Å²) < 4.78 is 0. The van der Waals surface area contributed by atoms with Crippen LogP contribution < -0.4 is 10.7 Å². The van der Waals surface area contributed by atoms with Gasteiger partial charge in [0.15, 0.2) is 0 Å². The SMILES string of the molecule is NC1=[NH+]CCCS1. The van der Waals surface area contributed by atoms with Gasteiger partial charge in [-0.25, -0.2) is 0 Å². The van der Waals surface area contributed by atoms with Crippen LogP contribution in [0.25, 0.3) is 0 Å². The first-order valence-corrected chi connectivity index (χ1v) is 3.37. The first kappa shape index (κ1) is 4.97. The van der Waals surface area contributed by atoms with Crippen molar-refractivity contribution in [3.63, 3.8) is 0 Å². The van der Waals surface area contributed by atoms with Gasteiger partial charge in [-0.2, -0.15) is 0 Å². The molecule has 7 heavy (non-hydrogen) atoms. The van der Waals surface area contributed by atoms with E-state index in [9.17, 15) is 0 Å². The molecular weight excluding hydrogens is 108 g/mol. The molecule has 0 radical (unpaired) electrons. The molecule has 1 heterocycles. The van der Waals surface area contributed by atoms with Crippen molar-refractivity contribution in [2.24, 2.45) is 5.73 Å². The number of nitrogens with two attached hydrogens (primary N) is 1. The van der Waals surface area contributed by atoms with Crippen LogP contribution in [0, 0.1) is 0 Å². The Balaban J connectivity index is 2.40. The molecule has 0 atom stereocenters. The number of hydrogen-bond donors (Lipinski definition) is 2. The molecule has 0 saturated heterocycles. The predicted octanol–water partition coefficient (Wildman–Crippen LogP) is -1.48. The lowest BCUT2D eigenvalue weighted by molar-refractivity contribution is -0.455. The molecule has 0 spiro atoms. The zero-order valence-electron chi connectivity index (χ0n) is 4.11. The van der Waals surface area contributed by atoms with Crippen LogP contribution in [0.4, 0.5) is 0 Å². The Kier molecular flexibility index (Phi) is 1.57. The molecule has 0 bridgehead atoms. The summed E-state index contributed by atoms with van der Waals surface area (Å²) in [6, 6.07) is 0. The van der Waals surface area contributed by atoms with Crippen molar-refractivity contribution >= 4 is 16.9 Å². The molecule has 1 rings (SSSR count). The Morgan fingerprint density at radius 1 is 1.71 bits per heavy atom. The maximum absolute atomic E-state index is 5.40. The molecule has 0 saturated carbocycles. The van der Waals surface area contributed by atoms with Crippen molar-refractivity contribution in [2.45, 2.75) is 6.42 Å². The van der Waals surface area contributed by atoms with Gasteiger partial charge in [-0.05, 0) is 18.2 Å². The van der Waals surface area contributed by atoms with Crippen molar-refractivity contribution in [1.29, 1.82) is 0 Å². The maximum atomic E-state index is 5.40. The summed E-state index contributed by atoms with van der Waals surface area (Å²) in [5.74, 6) is 1.18. The molecule has 0 unspecified atom stereocenters. The second kappa shape index (κ2) is 2.21. The molecular formula is C4H9N2S+. The van der Waals surface area contributed by atoms with E-state index < -0.39 is 0 Å².